The summed E-state index contributed by atoms with van der Waals surface area (Å²) in [5, 5.41) is 0. The number of pyridine rings is 2. The normalized spacial score (nSPS) is 10.9. The topological polar surface area (TPSA) is 96.8 Å². The summed E-state index contributed by atoms with van der Waals surface area (Å²) >= 11 is 0. The number of hydrogen-bond donors (Lipinski definition) is 0. The Morgan fingerprint density at radius 1 is 0.379 bits per heavy atom. The van der Waals surface area contributed by atoms with Crippen molar-refractivity contribution in [3.05, 3.63) is 169 Å². The van der Waals surface area contributed by atoms with Crippen LogP contribution in [0.25, 0.3) is 44.8 Å². The van der Waals surface area contributed by atoms with Crippen molar-refractivity contribution in [2.75, 3.05) is 13.2 Å². The fourth-order valence-corrected chi connectivity index (χ4v) is 7.59. The monoisotopic (exact) mass is 880 g/mol. The van der Waals surface area contributed by atoms with Crippen molar-refractivity contribution in [2.24, 2.45) is 0 Å². The van der Waals surface area contributed by atoms with E-state index < -0.39 is 11.9 Å². The lowest BCUT2D eigenvalue weighted by Gasteiger charge is -2.09. The zero-order valence-electron chi connectivity index (χ0n) is 38.3. The van der Waals surface area contributed by atoms with Crippen LogP contribution in [0.15, 0.2) is 158 Å². The number of nitrogens with zero attached hydrogens (tertiary/aromatic N) is 2. The largest absolute Gasteiger partial charge is 0.494 e. The summed E-state index contributed by atoms with van der Waals surface area (Å²) in [5.41, 5.74) is 8.37. The summed E-state index contributed by atoms with van der Waals surface area (Å²) in [6.07, 6.45) is 18.2. The first kappa shape index (κ1) is 46.9. The van der Waals surface area contributed by atoms with E-state index in [1.54, 1.807) is 48.5 Å². The maximum absolute atomic E-state index is 12.9. The second kappa shape index (κ2) is 24.9. The molecule has 0 N–H and O–H groups in total. The van der Waals surface area contributed by atoms with E-state index in [0.717, 1.165) is 69.1 Å². The lowest BCUT2D eigenvalue weighted by Crippen LogP contribution is -2.08. The van der Waals surface area contributed by atoms with Gasteiger partial charge in [0.05, 0.1) is 35.7 Å². The van der Waals surface area contributed by atoms with Crippen LogP contribution in [0.1, 0.15) is 112 Å². The quantitative estimate of drug-likeness (QED) is 0.0336. The number of ether oxygens (including phenoxy) is 4. The third kappa shape index (κ3) is 14.0. The molecule has 0 atom stereocenters. The number of unbranched alkanes of at least 4 members (excludes halogenated alkanes) is 10. The molecule has 0 aliphatic carbocycles. The molecule has 2 heterocycles. The summed E-state index contributed by atoms with van der Waals surface area (Å²) in [6, 6.07) is 45.3. The standard InChI is InChI=1S/C58H60N2O6/c1-3-5-7-9-11-13-38-63-51-28-22-45(23-29-51)57(61)65-53-32-18-43(19-33-53)49-26-36-55(59-41-49)47-16-15-17-48(40-47)56-37-27-50(42-60-56)44-20-34-54(35-21-44)66-58(62)46-24-30-52(31-25-46)64-39-14-12-10-8-6-4-2/h15-37,40-42H,3-14,38-39H2,1-2H3. The van der Waals surface area contributed by atoms with Gasteiger partial charge in [0.2, 0.25) is 0 Å². The predicted molar refractivity (Wildman–Crippen MR) is 264 cm³/mol. The van der Waals surface area contributed by atoms with Gasteiger partial charge in [-0.15, -0.1) is 0 Å². The zero-order chi connectivity index (χ0) is 45.8. The second-order valence-corrected chi connectivity index (χ2v) is 16.6. The molecule has 8 heteroatoms. The van der Waals surface area contributed by atoms with E-state index in [4.69, 9.17) is 28.9 Å². The smallest absolute Gasteiger partial charge is 0.343 e. The van der Waals surface area contributed by atoms with Crippen molar-refractivity contribution >= 4 is 11.9 Å². The van der Waals surface area contributed by atoms with Crippen molar-refractivity contribution in [3.8, 4) is 67.8 Å². The Bertz CT molecular complexity index is 2380. The highest BCUT2D eigenvalue weighted by atomic mass is 16.5. The van der Waals surface area contributed by atoms with Crippen LogP contribution in [0.4, 0.5) is 0 Å². The first-order chi connectivity index (χ1) is 32.4. The average molecular weight is 881 g/mol. The van der Waals surface area contributed by atoms with Crippen molar-refractivity contribution in [3.63, 3.8) is 0 Å². The predicted octanol–water partition coefficient (Wildman–Crippen LogP) is 15.1. The number of hydrogen-bond acceptors (Lipinski definition) is 8. The first-order valence-electron chi connectivity index (χ1n) is 23.6. The summed E-state index contributed by atoms with van der Waals surface area (Å²) in [6.45, 7) is 5.80. The van der Waals surface area contributed by atoms with Gasteiger partial charge >= 0.3 is 11.9 Å². The highest BCUT2D eigenvalue weighted by molar-refractivity contribution is 5.92. The lowest BCUT2D eigenvalue weighted by atomic mass is 10.0. The molecule has 7 rings (SSSR count). The molecule has 0 saturated carbocycles. The molecule has 0 aliphatic rings. The Hall–Kier alpha value is -7.06. The molecule has 7 aromatic rings. The number of aromatic nitrogens is 2. The molecule has 0 amide bonds. The van der Waals surface area contributed by atoms with Gasteiger partial charge in [0.1, 0.15) is 23.0 Å². The maximum Gasteiger partial charge on any atom is 0.343 e. The second-order valence-electron chi connectivity index (χ2n) is 16.6. The molecule has 5 aromatic carbocycles. The molecular formula is C58H60N2O6. The van der Waals surface area contributed by atoms with Gasteiger partial charge in [-0.3, -0.25) is 9.97 Å². The molecule has 0 bridgehead atoms. The highest BCUT2D eigenvalue weighted by Crippen LogP contribution is 2.30. The van der Waals surface area contributed by atoms with Gasteiger partial charge in [-0.2, -0.15) is 0 Å². The van der Waals surface area contributed by atoms with Crippen LogP contribution in [0, 0.1) is 0 Å². The molecule has 0 fully saturated rings. The molecule has 0 aliphatic heterocycles. The fraction of sp³-hybridized carbons (Fsp3) is 0.276. The van der Waals surface area contributed by atoms with E-state index in [-0.39, 0.29) is 0 Å². The molecule has 0 saturated heterocycles. The van der Waals surface area contributed by atoms with Crippen LogP contribution in [-0.2, 0) is 0 Å². The van der Waals surface area contributed by atoms with Crippen LogP contribution < -0.4 is 18.9 Å². The van der Waals surface area contributed by atoms with Gasteiger partial charge in [-0.1, -0.05) is 133 Å². The fourth-order valence-electron chi connectivity index (χ4n) is 7.59. The first-order valence-corrected chi connectivity index (χ1v) is 23.6. The van der Waals surface area contributed by atoms with E-state index in [9.17, 15) is 9.59 Å². The van der Waals surface area contributed by atoms with Crippen LogP contribution in [0.3, 0.4) is 0 Å². The third-order valence-electron chi connectivity index (χ3n) is 11.5. The van der Waals surface area contributed by atoms with E-state index >= 15 is 0 Å². The highest BCUT2D eigenvalue weighted by Gasteiger charge is 2.12. The Morgan fingerprint density at radius 3 is 1.12 bits per heavy atom. The Kier molecular flexibility index (Phi) is 17.7. The molecule has 0 radical (unpaired) electrons. The SMILES string of the molecule is CCCCCCCCOc1ccc(C(=O)Oc2ccc(-c3ccc(-c4cccc(-c5ccc(-c6ccc(OC(=O)c7ccc(OCCCCCCCC)cc7)cc6)cn5)c4)nc3)cc2)cc1. The Balaban J connectivity index is 0.872. The van der Waals surface area contributed by atoms with E-state index in [0.29, 0.717) is 35.8 Å². The minimum absolute atomic E-state index is 0.418. The van der Waals surface area contributed by atoms with Crippen molar-refractivity contribution in [2.45, 2.75) is 90.9 Å². The maximum atomic E-state index is 12.9. The molecule has 2 aromatic heterocycles. The summed E-state index contributed by atoms with van der Waals surface area (Å²) < 4.78 is 23.0. The molecule has 8 nitrogen and oxygen atoms in total. The number of benzene rings is 5. The minimum atomic E-state index is -0.418. The van der Waals surface area contributed by atoms with Crippen LogP contribution in [0.2, 0.25) is 0 Å². The minimum Gasteiger partial charge on any atom is -0.494 e. The average Bonchev–Trinajstić information content (AvgIpc) is 3.37. The molecule has 338 valence electrons. The van der Waals surface area contributed by atoms with Gasteiger partial charge in [0.25, 0.3) is 0 Å². The molecule has 66 heavy (non-hydrogen) atoms. The van der Waals surface area contributed by atoms with Gasteiger partial charge in [-0.25, -0.2) is 9.59 Å². The third-order valence-corrected chi connectivity index (χ3v) is 11.5. The summed E-state index contributed by atoms with van der Waals surface area (Å²) in [7, 11) is 0. The van der Waals surface area contributed by atoms with Gasteiger partial charge in [0, 0.05) is 34.6 Å². The van der Waals surface area contributed by atoms with Crippen molar-refractivity contribution in [1.29, 1.82) is 0 Å². The Morgan fingerprint density at radius 2 is 0.742 bits per heavy atom. The van der Waals surface area contributed by atoms with E-state index in [1.165, 1.54) is 64.2 Å². The van der Waals surface area contributed by atoms with E-state index in [1.807, 2.05) is 103 Å². The number of carbonyl (C=O) groups excluding carboxylic acids is 2. The molecule has 0 spiro atoms. The van der Waals surface area contributed by atoms with Crippen molar-refractivity contribution < 1.29 is 28.5 Å². The number of rotatable bonds is 24. The Labute approximate surface area is 390 Å². The van der Waals surface area contributed by atoms with Crippen LogP contribution in [0.5, 0.6) is 23.0 Å². The van der Waals surface area contributed by atoms with Crippen LogP contribution >= 0.6 is 0 Å². The summed E-state index contributed by atoms with van der Waals surface area (Å²) in [5.74, 6) is 1.61. The van der Waals surface area contributed by atoms with Crippen LogP contribution in [-0.4, -0.2) is 35.1 Å². The van der Waals surface area contributed by atoms with Crippen molar-refractivity contribution in [1.82, 2.24) is 9.97 Å². The number of carbonyl (C=O) groups is 2. The van der Waals surface area contributed by atoms with Gasteiger partial charge in [-0.05, 0) is 115 Å². The van der Waals surface area contributed by atoms with Gasteiger partial charge in [0.15, 0.2) is 0 Å². The molecule has 0 unspecified atom stereocenters. The van der Waals surface area contributed by atoms with E-state index in [2.05, 4.69) is 19.9 Å². The lowest BCUT2D eigenvalue weighted by molar-refractivity contribution is 0.0725. The zero-order valence-corrected chi connectivity index (χ0v) is 38.3. The molecular weight excluding hydrogens is 821 g/mol. The van der Waals surface area contributed by atoms with Gasteiger partial charge < -0.3 is 18.9 Å². The summed E-state index contributed by atoms with van der Waals surface area (Å²) in [4.78, 5) is 35.3. The number of esters is 2.